The molecule has 0 spiro atoms. The number of aromatic nitrogens is 1. The second kappa shape index (κ2) is 9.28. The molecule has 1 fully saturated rings. The summed E-state index contributed by atoms with van der Waals surface area (Å²) in [7, 11) is 0. The van der Waals surface area contributed by atoms with Gasteiger partial charge in [-0.05, 0) is 17.0 Å². The molecular formula is C22H23N3OS2. The lowest BCUT2D eigenvalue weighted by molar-refractivity contribution is -0.132. The summed E-state index contributed by atoms with van der Waals surface area (Å²) in [5.74, 6) is 0.210. The predicted molar refractivity (Wildman–Crippen MR) is 118 cm³/mol. The minimum atomic E-state index is 0.210. The van der Waals surface area contributed by atoms with Crippen LogP contribution in [0.3, 0.4) is 0 Å². The van der Waals surface area contributed by atoms with Crippen LogP contribution in [0, 0.1) is 0 Å². The molecule has 4 rings (SSSR count). The Balaban J connectivity index is 1.27. The molecule has 0 saturated carbocycles. The van der Waals surface area contributed by atoms with E-state index in [1.165, 1.54) is 5.56 Å². The maximum absolute atomic E-state index is 12.8. The lowest BCUT2D eigenvalue weighted by Crippen LogP contribution is -2.49. The smallest absolute Gasteiger partial charge is 0.227 e. The molecule has 0 radical (unpaired) electrons. The number of carbonyl (C=O) groups excluding carboxylic acids is 1. The number of carbonyl (C=O) groups is 1. The molecule has 1 saturated heterocycles. The summed E-state index contributed by atoms with van der Waals surface area (Å²) in [6.45, 7) is 4.36. The number of piperazine rings is 1. The SMILES string of the molecule is O=C(Cc1scnc1-c1cccs1)N1CCN(C/C=C/c2ccccc2)CC1. The van der Waals surface area contributed by atoms with Gasteiger partial charge in [-0.15, -0.1) is 22.7 Å². The largest absolute Gasteiger partial charge is 0.340 e. The zero-order valence-corrected chi connectivity index (χ0v) is 17.3. The van der Waals surface area contributed by atoms with Gasteiger partial charge >= 0.3 is 0 Å². The second-order valence-electron chi connectivity index (χ2n) is 6.77. The summed E-state index contributed by atoms with van der Waals surface area (Å²) in [6.07, 6.45) is 4.82. The lowest BCUT2D eigenvalue weighted by Gasteiger charge is -2.34. The Morgan fingerprint density at radius 1 is 1.04 bits per heavy atom. The standard InChI is InChI=1S/C22H23N3OS2/c26-21(16-20-22(23-17-28-20)19-9-5-15-27-19)25-13-11-24(12-14-25)10-4-8-18-6-2-1-3-7-18/h1-9,15,17H,10-14,16H2/b8-4+. The third-order valence-corrected chi connectivity index (χ3v) is 6.62. The summed E-state index contributed by atoms with van der Waals surface area (Å²) in [5.41, 5.74) is 4.04. The third kappa shape index (κ3) is 4.76. The van der Waals surface area contributed by atoms with Crippen LogP contribution in [0.5, 0.6) is 0 Å². The van der Waals surface area contributed by atoms with E-state index < -0.39 is 0 Å². The number of thiazole rings is 1. The van der Waals surface area contributed by atoms with E-state index in [1.54, 1.807) is 22.7 Å². The monoisotopic (exact) mass is 409 g/mol. The number of thiophene rings is 1. The highest BCUT2D eigenvalue weighted by Crippen LogP contribution is 2.29. The van der Waals surface area contributed by atoms with Crippen molar-refractivity contribution >= 4 is 34.7 Å². The molecule has 1 aliphatic heterocycles. The molecule has 1 aromatic carbocycles. The third-order valence-electron chi connectivity index (χ3n) is 4.91. The zero-order valence-electron chi connectivity index (χ0n) is 15.7. The van der Waals surface area contributed by atoms with Crippen LogP contribution >= 0.6 is 22.7 Å². The molecule has 4 nitrogen and oxygen atoms in total. The first kappa shape index (κ1) is 19.1. The van der Waals surface area contributed by atoms with Crippen molar-refractivity contribution < 1.29 is 4.79 Å². The number of hydrogen-bond donors (Lipinski definition) is 0. The molecule has 0 atom stereocenters. The molecule has 0 unspecified atom stereocenters. The Labute approximate surface area is 173 Å². The number of nitrogens with zero attached hydrogens (tertiary/aromatic N) is 3. The molecule has 6 heteroatoms. The lowest BCUT2D eigenvalue weighted by atomic mass is 10.2. The summed E-state index contributed by atoms with van der Waals surface area (Å²) in [5, 5.41) is 2.05. The van der Waals surface area contributed by atoms with Gasteiger partial charge < -0.3 is 4.90 Å². The van der Waals surface area contributed by atoms with E-state index in [4.69, 9.17) is 0 Å². The molecule has 3 heterocycles. The van der Waals surface area contributed by atoms with Crippen LogP contribution in [0.2, 0.25) is 0 Å². The van der Waals surface area contributed by atoms with Crippen LogP contribution in [0.15, 0.2) is 59.4 Å². The first-order chi connectivity index (χ1) is 13.8. The second-order valence-corrected chi connectivity index (χ2v) is 8.66. The molecule has 0 bridgehead atoms. The van der Waals surface area contributed by atoms with Crippen LogP contribution in [0.25, 0.3) is 16.6 Å². The number of hydrogen-bond acceptors (Lipinski definition) is 5. The van der Waals surface area contributed by atoms with Crippen LogP contribution in [0.4, 0.5) is 0 Å². The van der Waals surface area contributed by atoms with Gasteiger partial charge in [0.15, 0.2) is 0 Å². The Morgan fingerprint density at radius 2 is 1.86 bits per heavy atom. The van der Waals surface area contributed by atoms with Gasteiger partial charge in [0, 0.05) is 37.6 Å². The predicted octanol–water partition coefficient (Wildman–Crippen LogP) is 4.27. The van der Waals surface area contributed by atoms with Crippen molar-refractivity contribution in [2.24, 2.45) is 0 Å². The van der Waals surface area contributed by atoms with Gasteiger partial charge in [0.05, 0.1) is 22.5 Å². The quantitative estimate of drug-likeness (QED) is 0.610. The van der Waals surface area contributed by atoms with Crippen LogP contribution in [-0.2, 0) is 11.2 Å². The Bertz CT molecular complexity index is 910. The van der Waals surface area contributed by atoms with E-state index in [0.717, 1.165) is 48.2 Å². The molecular weight excluding hydrogens is 386 g/mol. The van der Waals surface area contributed by atoms with Crippen molar-refractivity contribution in [2.75, 3.05) is 32.7 Å². The summed E-state index contributed by atoms with van der Waals surface area (Å²) >= 11 is 3.25. The molecule has 1 aliphatic rings. The molecule has 1 amide bonds. The van der Waals surface area contributed by atoms with Crippen LogP contribution in [-0.4, -0.2) is 53.4 Å². The normalized spacial score (nSPS) is 15.4. The van der Waals surface area contributed by atoms with Crippen molar-refractivity contribution in [2.45, 2.75) is 6.42 Å². The molecule has 0 aliphatic carbocycles. The fourth-order valence-electron chi connectivity index (χ4n) is 3.34. The first-order valence-corrected chi connectivity index (χ1v) is 11.2. The van der Waals surface area contributed by atoms with E-state index in [1.807, 2.05) is 27.9 Å². The topological polar surface area (TPSA) is 36.4 Å². The van der Waals surface area contributed by atoms with E-state index in [2.05, 4.69) is 52.4 Å². The van der Waals surface area contributed by atoms with Crippen molar-refractivity contribution in [3.63, 3.8) is 0 Å². The summed E-state index contributed by atoms with van der Waals surface area (Å²) in [6, 6.07) is 14.4. The van der Waals surface area contributed by atoms with Gasteiger partial charge in [-0.2, -0.15) is 0 Å². The van der Waals surface area contributed by atoms with E-state index >= 15 is 0 Å². The van der Waals surface area contributed by atoms with E-state index in [0.29, 0.717) is 6.42 Å². The van der Waals surface area contributed by atoms with Crippen molar-refractivity contribution in [1.29, 1.82) is 0 Å². The average Bonchev–Trinajstić information content (AvgIpc) is 3.41. The van der Waals surface area contributed by atoms with Gasteiger partial charge in [0.1, 0.15) is 0 Å². The van der Waals surface area contributed by atoms with Gasteiger partial charge in [0.2, 0.25) is 5.91 Å². The molecule has 0 N–H and O–H groups in total. The minimum Gasteiger partial charge on any atom is -0.340 e. The van der Waals surface area contributed by atoms with Crippen LogP contribution < -0.4 is 0 Å². The molecule has 144 valence electrons. The maximum Gasteiger partial charge on any atom is 0.227 e. The fraction of sp³-hybridized carbons (Fsp3) is 0.273. The maximum atomic E-state index is 12.8. The Kier molecular flexibility index (Phi) is 6.31. The fourth-order valence-corrected chi connectivity index (χ4v) is 4.92. The molecule has 28 heavy (non-hydrogen) atoms. The Morgan fingerprint density at radius 3 is 2.61 bits per heavy atom. The highest BCUT2D eigenvalue weighted by atomic mass is 32.1. The highest BCUT2D eigenvalue weighted by molar-refractivity contribution is 7.14. The summed E-state index contributed by atoms with van der Waals surface area (Å²) < 4.78 is 0. The first-order valence-electron chi connectivity index (χ1n) is 9.47. The Hall–Kier alpha value is -2.28. The van der Waals surface area contributed by atoms with Gasteiger partial charge in [0.25, 0.3) is 0 Å². The van der Waals surface area contributed by atoms with Gasteiger partial charge in [-0.25, -0.2) is 4.98 Å². The minimum absolute atomic E-state index is 0.210. The number of benzene rings is 1. The molecule has 2 aromatic heterocycles. The zero-order chi connectivity index (χ0) is 19.2. The van der Waals surface area contributed by atoms with Gasteiger partial charge in [-0.3, -0.25) is 9.69 Å². The van der Waals surface area contributed by atoms with Crippen LogP contribution in [0.1, 0.15) is 10.4 Å². The van der Waals surface area contributed by atoms with Crippen molar-refractivity contribution in [3.05, 3.63) is 69.9 Å². The summed E-state index contributed by atoms with van der Waals surface area (Å²) in [4.78, 5) is 23.8. The van der Waals surface area contributed by atoms with Crippen molar-refractivity contribution in [1.82, 2.24) is 14.8 Å². The highest BCUT2D eigenvalue weighted by Gasteiger charge is 2.22. The molecule has 3 aromatic rings. The van der Waals surface area contributed by atoms with Crippen molar-refractivity contribution in [3.8, 4) is 10.6 Å². The van der Waals surface area contributed by atoms with E-state index in [9.17, 15) is 4.79 Å². The van der Waals surface area contributed by atoms with E-state index in [-0.39, 0.29) is 5.91 Å². The van der Waals surface area contributed by atoms with Gasteiger partial charge in [-0.1, -0.05) is 48.6 Å². The number of amides is 1. The average molecular weight is 410 g/mol. The number of rotatable bonds is 6.